The smallest absolute Gasteiger partial charge is 0.148 e. The summed E-state index contributed by atoms with van der Waals surface area (Å²) in [4.78, 5) is 0. The molecule has 1 aromatic carbocycles. The van der Waals surface area contributed by atoms with Crippen LogP contribution in [0.25, 0.3) is 0 Å². The lowest BCUT2D eigenvalue weighted by atomic mass is 9.80. The molecule has 0 spiro atoms. The summed E-state index contributed by atoms with van der Waals surface area (Å²) in [5, 5.41) is 0. The van der Waals surface area contributed by atoms with Gasteiger partial charge in [-0.3, -0.25) is 0 Å². The molecule has 1 aromatic rings. The van der Waals surface area contributed by atoms with Crippen LogP contribution in [0.3, 0.4) is 0 Å². The van der Waals surface area contributed by atoms with Crippen LogP contribution in [0, 0.1) is 11.8 Å². The molecule has 1 heterocycles. The van der Waals surface area contributed by atoms with Gasteiger partial charge >= 0.3 is 0 Å². The molecular weight excluding hydrogens is 260 g/mol. The fourth-order valence-corrected chi connectivity index (χ4v) is 3.07. The van der Waals surface area contributed by atoms with Crippen molar-refractivity contribution >= 4 is 0 Å². The van der Waals surface area contributed by atoms with Gasteiger partial charge in [0.05, 0.1) is 0 Å². The minimum absolute atomic E-state index is 0.0798. The highest BCUT2D eigenvalue weighted by atomic mass is 16.7. The first kappa shape index (κ1) is 16.5. The van der Waals surface area contributed by atoms with Crippen LogP contribution >= 0.6 is 0 Å². The molecule has 2 rings (SSSR count). The molecule has 0 saturated carbocycles. The lowest BCUT2D eigenvalue weighted by molar-refractivity contribution is -0.0291. The Morgan fingerprint density at radius 1 is 1.00 bits per heavy atom. The Morgan fingerprint density at radius 2 is 1.57 bits per heavy atom. The van der Waals surface area contributed by atoms with Crippen LogP contribution in [0.15, 0.2) is 30.3 Å². The predicted molar refractivity (Wildman–Crippen MR) is 87.1 cm³/mol. The van der Waals surface area contributed by atoms with Gasteiger partial charge in [0.25, 0.3) is 0 Å². The van der Waals surface area contributed by atoms with Crippen molar-refractivity contribution in [2.45, 2.75) is 65.1 Å². The average Bonchev–Trinajstić information content (AvgIpc) is 2.88. The Bertz CT molecular complexity index is 399. The Labute approximate surface area is 129 Å². The first-order valence-electron chi connectivity index (χ1n) is 8.34. The predicted octanol–water partition coefficient (Wildman–Crippen LogP) is 5.34. The molecule has 0 aliphatic carbocycles. The summed E-state index contributed by atoms with van der Waals surface area (Å²) in [5.74, 6) is 1.39. The van der Waals surface area contributed by atoms with E-state index in [1.54, 1.807) is 0 Å². The molecule has 1 aliphatic rings. The van der Waals surface area contributed by atoms with Gasteiger partial charge in [-0.25, -0.2) is 0 Å². The summed E-state index contributed by atoms with van der Waals surface area (Å²) in [6.45, 7) is 9.55. The number of hydrogen-bond acceptors (Lipinski definition) is 2. The van der Waals surface area contributed by atoms with Gasteiger partial charge in [-0.15, -0.1) is 0 Å². The SMILES string of the molecule is CC(C)CCC1(CCC(C)C)OCO[C@H]1c1ccccc1. The van der Waals surface area contributed by atoms with Crippen molar-refractivity contribution in [3.8, 4) is 0 Å². The summed E-state index contributed by atoms with van der Waals surface area (Å²) >= 11 is 0. The summed E-state index contributed by atoms with van der Waals surface area (Å²) in [7, 11) is 0. The van der Waals surface area contributed by atoms with Crippen LogP contribution in [-0.4, -0.2) is 12.4 Å². The molecule has 1 fully saturated rings. The fraction of sp³-hybridized carbons (Fsp3) is 0.684. The molecule has 0 amide bonds. The minimum atomic E-state index is -0.143. The molecule has 2 heteroatoms. The summed E-state index contributed by atoms with van der Waals surface area (Å²) in [5.41, 5.74) is 1.11. The van der Waals surface area contributed by atoms with Crippen LogP contribution < -0.4 is 0 Å². The van der Waals surface area contributed by atoms with Crippen LogP contribution in [0.4, 0.5) is 0 Å². The Hall–Kier alpha value is -0.860. The van der Waals surface area contributed by atoms with Crippen molar-refractivity contribution in [1.29, 1.82) is 0 Å². The summed E-state index contributed by atoms with van der Waals surface area (Å²) in [6, 6.07) is 10.6. The summed E-state index contributed by atoms with van der Waals surface area (Å²) < 4.78 is 12.2. The second-order valence-electron chi connectivity index (χ2n) is 7.15. The molecule has 0 unspecified atom stereocenters. The number of ether oxygens (including phenoxy) is 2. The van der Waals surface area contributed by atoms with E-state index >= 15 is 0 Å². The molecule has 118 valence electrons. The van der Waals surface area contributed by atoms with E-state index in [1.807, 2.05) is 0 Å². The van der Waals surface area contributed by atoms with Gasteiger partial charge in [0, 0.05) is 0 Å². The van der Waals surface area contributed by atoms with Crippen molar-refractivity contribution < 1.29 is 9.47 Å². The van der Waals surface area contributed by atoms with Gasteiger partial charge in [0.2, 0.25) is 0 Å². The van der Waals surface area contributed by atoms with E-state index in [-0.39, 0.29) is 11.7 Å². The fourth-order valence-electron chi connectivity index (χ4n) is 3.07. The van der Waals surface area contributed by atoms with Crippen LogP contribution in [0.5, 0.6) is 0 Å². The average molecular weight is 290 g/mol. The standard InChI is InChI=1S/C19H30O2/c1-15(2)10-12-19(13-11-16(3)4)18(20-14-21-19)17-8-6-5-7-9-17/h5-9,15-16,18H,10-14H2,1-4H3/t18-/m0/s1. The highest BCUT2D eigenvalue weighted by Gasteiger charge is 2.45. The largest absolute Gasteiger partial charge is 0.346 e. The van der Waals surface area contributed by atoms with Gasteiger partial charge in [-0.05, 0) is 43.1 Å². The molecule has 21 heavy (non-hydrogen) atoms. The highest BCUT2D eigenvalue weighted by Crippen LogP contribution is 2.45. The van der Waals surface area contributed by atoms with Crippen LogP contribution in [0.1, 0.15) is 65.0 Å². The monoisotopic (exact) mass is 290 g/mol. The molecule has 0 aromatic heterocycles. The van der Waals surface area contributed by atoms with Gasteiger partial charge in [0.1, 0.15) is 18.5 Å². The van der Waals surface area contributed by atoms with Gasteiger partial charge in [-0.1, -0.05) is 58.0 Å². The van der Waals surface area contributed by atoms with E-state index in [2.05, 4.69) is 58.0 Å². The first-order valence-corrected chi connectivity index (χ1v) is 8.34. The molecule has 0 bridgehead atoms. The topological polar surface area (TPSA) is 18.5 Å². The normalized spacial score (nSPS) is 21.3. The summed E-state index contributed by atoms with van der Waals surface area (Å²) in [6.07, 6.45) is 4.61. The van der Waals surface area contributed by atoms with E-state index in [0.29, 0.717) is 18.6 Å². The molecule has 0 radical (unpaired) electrons. The Kier molecular flexibility index (Phi) is 5.83. The van der Waals surface area contributed by atoms with Gasteiger partial charge in [0.15, 0.2) is 0 Å². The zero-order chi connectivity index (χ0) is 15.3. The van der Waals surface area contributed by atoms with E-state index in [4.69, 9.17) is 9.47 Å². The maximum atomic E-state index is 6.19. The maximum absolute atomic E-state index is 6.19. The van der Waals surface area contributed by atoms with Crippen molar-refractivity contribution in [3.63, 3.8) is 0 Å². The molecule has 0 N–H and O–H groups in total. The lowest BCUT2D eigenvalue weighted by Crippen LogP contribution is -2.35. The second kappa shape index (κ2) is 7.42. The Morgan fingerprint density at radius 3 is 2.10 bits per heavy atom. The third-order valence-corrected chi connectivity index (χ3v) is 4.45. The molecule has 1 atom stereocenters. The van der Waals surface area contributed by atoms with E-state index in [1.165, 1.54) is 18.4 Å². The highest BCUT2D eigenvalue weighted by molar-refractivity contribution is 5.21. The number of hydrogen-bond donors (Lipinski definition) is 0. The molecule has 2 nitrogen and oxygen atoms in total. The molecule has 1 saturated heterocycles. The maximum Gasteiger partial charge on any atom is 0.148 e. The van der Waals surface area contributed by atoms with E-state index in [0.717, 1.165) is 12.8 Å². The van der Waals surface area contributed by atoms with Crippen molar-refractivity contribution in [1.82, 2.24) is 0 Å². The van der Waals surface area contributed by atoms with Crippen LogP contribution in [-0.2, 0) is 9.47 Å². The van der Waals surface area contributed by atoms with Crippen molar-refractivity contribution in [2.75, 3.05) is 6.79 Å². The Balaban J connectivity index is 2.19. The first-order chi connectivity index (χ1) is 10.0. The number of benzene rings is 1. The van der Waals surface area contributed by atoms with E-state index < -0.39 is 0 Å². The van der Waals surface area contributed by atoms with Crippen molar-refractivity contribution in [3.05, 3.63) is 35.9 Å². The van der Waals surface area contributed by atoms with Gasteiger partial charge in [-0.2, -0.15) is 0 Å². The minimum Gasteiger partial charge on any atom is -0.346 e. The van der Waals surface area contributed by atoms with Crippen molar-refractivity contribution in [2.24, 2.45) is 11.8 Å². The lowest BCUT2D eigenvalue weighted by Gasteiger charge is -2.34. The van der Waals surface area contributed by atoms with E-state index in [9.17, 15) is 0 Å². The van der Waals surface area contributed by atoms with Crippen LogP contribution in [0.2, 0.25) is 0 Å². The second-order valence-corrected chi connectivity index (χ2v) is 7.15. The quantitative estimate of drug-likeness (QED) is 0.674. The third-order valence-electron chi connectivity index (χ3n) is 4.45. The number of rotatable bonds is 7. The third kappa shape index (κ3) is 4.31. The molecular formula is C19H30O2. The zero-order valence-electron chi connectivity index (χ0n) is 14.0. The zero-order valence-corrected chi connectivity index (χ0v) is 14.0. The van der Waals surface area contributed by atoms with Gasteiger partial charge < -0.3 is 9.47 Å². The molecule has 1 aliphatic heterocycles.